The molecule has 0 aliphatic rings. The number of alkyl halides is 1. The van der Waals surface area contributed by atoms with E-state index in [0.717, 1.165) is 0 Å². The molecule has 3 aromatic rings. The summed E-state index contributed by atoms with van der Waals surface area (Å²) in [5.41, 5.74) is 1.35. The van der Waals surface area contributed by atoms with Crippen molar-refractivity contribution in [2.75, 3.05) is 0 Å². The molecule has 0 N–H and O–H groups in total. The minimum absolute atomic E-state index is 0.0675. The molecule has 2 heterocycles. The molecular weight excluding hydrogens is 302 g/mol. The fourth-order valence-electron chi connectivity index (χ4n) is 2.16. The van der Waals surface area contributed by atoms with E-state index in [2.05, 4.69) is 9.97 Å². The van der Waals surface area contributed by atoms with Crippen LogP contribution in [-0.4, -0.2) is 19.1 Å². The topological polar surface area (TPSA) is 35.6 Å². The monoisotopic (exact) mass is 312 g/mol. The highest BCUT2D eigenvalue weighted by Gasteiger charge is 2.13. The van der Waals surface area contributed by atoms with Gasteiger partial charge in [0.05, 0.1) is 28.3 Å². The lowest BCUT2D eigenvalue weighted by Gasteiger charge is -2.08. The highest BCUT2D eigenvalue weighted by Crippen LogP contribution is 2.24. The Morgan fingerprint density at radius 2 is 2.10 bits per heavy atom. The lowest BCUT2D eigenvalue weighted by atomic mass is 10.3. The smallest absolute Gasteiger partial charge is 0.144 e. The maximum atomic E-state index is 13.6. The van der Waals surface area contributed by atoms with E-state index in [4.69, 9.17) is 23.2 Å². The highest BCUT2D eigenvalue weighted by atomic mass is 35.5. The van der Waals surface area contributed by atoms with Gasteiger partial charge in [0.25, 0.3) is 0 Å². The predicted octanol–water partition coefficient (Wildman–Crippen LogP) is 3.46. The summed E-state index contributed by atoms with van der Waals surface area (Å²) in [6.45, 7) is 1.34. The van der Waals surface area contributed by atoms with Crippen LogP contribution >= 0.6 is 23.2 Å². The Balaban J connectivity index is 2.01. The molecule has 0 aliphatic carbocycles. The third kappa shape index (κ3) is 2.39. The van der Waals surface area contributed by atoms with E-state index in [1.807, 2.05) is 15.3 Å². The molecule has 3 rings (SSSR count). The number of aromatic nitrogens is 4. The Morgan fingerprint density at radius 3 is 2.80 bits per heavy atom. The van der Waals surface area contributed by atoms with Gasteiger partial charge < -0.3 is 9.13 Å². The summed E-state index contributed by atoms with van der Waals surface area (Å²) in [5, 5.41) is 0.0675. The summed E-state index contributed by atoms with van der Waals surface area (Å²) in [6, 6.07) is 2.92. The normalized spacial score (nSPS) is 11.3. The van der Waals surface area contributed by atoms with Gasteiger partial charge in [-0.1, -0.05) is 11.6 Å². The van der Waals surface area contributed by atoms with Crippen molar-refractivity contribution in [2.24, 2.45) is 0 Å². The van der Waals surface area contributed by atoms with Crippen molar-refractivity contribution in [3.8, 4) is 0 Å². The Labute approximate surface area is 124 Å². The zero-order valence-corrected chi connectivity index (χ0v) is 11.9. The van der Waals surface area contributed by atoms with Crippen LogP contribution in [0.1, 0.15) is 5.82 Å². The van der Waals surface area contributed by atoms with Crippen LogP contribution in [0.5, 0.6) is 0 Å². The number of fused-ring (bicyclic) bond motifs is 1. The summed E-state index contributed by atoms with van der Waals surface area (Å²) >= 11 is 11.7. The van der Waals surface area contributed by atoms with E-state index in [9.17, 15) is 4.39 Å². The number of aryl methyl sites for hydroxylation is 2. The standard InChI is InChI=1S/C13H11Cl2FN4/c14-7-13-18-11-5-9(15)10(16)6-12(11)20(13)4-3-19-2-1-17-8-19/h1-2,5-6,8H,3-4,7H2. The Kier molecular flexibility index (Phi) is 3.63. The number of benzene rings is 1. The van der Waals surface area contributed by atoms with Gasteiger partial charge in [-0.25, -0.2) is 14.4 Å². The third-order valence-corrected chi connectivity index (χ3v) is 3.66. The molecule has 0 saturated carbocycles. The van der Waals surface area contributed by atoms with Gasteiger partial charge in [-0.05, 0) is 6.07 Å². The van der Waals surface area contributed by atoms with Crippen molar-refractivity contribution in [3.05, 3.63) is 47.5 Å². The van der Waals surface area contributed by atoms with Gasteiger partial charge >= 0.3 is 0 Å². The van der Waals surface area contributed by atoms with Crippen LogP contribution in [0.2, 0.25) is 5.02 Å². The zero-order valence-electron chi connectivity index (χ0n) is 10.4. The van der Waals surface area contributed by atoms with E-state index in [1.165, 1.54) is 12.1 Å². The third-order valence-electron chi connectivity index (χ3n) is 3.13. The van der Waals surface area contributed by atoms with E-state index in [0.29, 0.717) is 29.9 Å². The molecular formula is C13H11Cl2FN4. The summed E-state index contributed by atoms with van der Waals surface area (Å²) in [6.07, 6.45) is 5.32. The molecule has 7 heteroatoms. The Bertz CT molecular complexity index is 736. The van der Waals surface area contributed by atoms with Crippen molar-refractivity contribution in [1.82, 2.24) is 19.1 Å². The molecule has 0 unspecified atom stereocenters. The van der Waals surface area contributed by atoms with Crippen LogP contribution in [0.25, 0.3) is 11.0 Å². The lowest BCUT2D eigenvalue weighted by molar-refractivity contribution is 0.575. The summed E-state index contributed by atoms with van der Waals surface area (Å²) in [5.74, 6) is 0.505. The van der Waals surface area contributed by atoms with Gasteiger partial charge in [-0.2, -0.15) is 0 Å². The van der Waals surface area contributed by atoms with Crippen molar-refractivity contribution in [2.45, 2.75) is 19.0 Å². The van der Waals surface area contributed by atoms with Crippen LogP contribution < -0.4 is 0 Å². The second-order valence-electron chi connectivity index (χ2n) is 4.37. The molecule has 0 spiro atoms. The average Bonchev–Trinajstić information content (AvgIpc) is 3.05. The van der Waals surface area contributed by atoms with Crippen LogP contribution in [-0.2, 0) is 19.0 Å². The largest absolute Gasteiger partial charge is 0.336 e. The second kappa shape index (κ2) is 5.42. The number of imidazole rings is 2. The summed E-state index contributed by atoms with van der Waals surface area (Å²) in [7, 11) is 0. The molecule has 104 valence electrons. The summed E-state index contributed by atoms with van der Waals surface area (Å²) < 4.78 is 17.5. The van der Waals surface area contributed by atoms with Crippen molar-refractivity contribution in [1.29, 1.82) is 0 Å². The minimum Gasteiger partial charge on any atom is -0.336 e. The summed E-state index contributed by atoms with van der Waals surface area (Å²) in [4.78, 5) is 8.38. The first-order valence-corrected chi connectivity index (χ1v) is 6.96. The number of hydrogen-bond donors (Lipinski definition) is 0. The fourth-order valence-corrected chi connectivity index (χ4v) is 2.52. The number of hydrogen-bond acceptors (Lipinski definition) is 2. The van der Waals surface area contributed by atoms with Crippen molar-refractivity contribution < 1.29 is 4.39 Å². The first-order valence-electron chi connectivity index (χ1n) is 6.05. The predicted molar refractivity (Wildman–Crippen MR) is 76.5 cm³/mol. The van der Waals surface area contributed by atoms with E-state index in [1.54, 1.807) is 12.5 Å². The van der Waals surface area contributed by atoms with E-state index < -0.39 is 5.82 Å². The molecule has 2 aromatic heterocycles. The minimum atomic E-state index is -0.455. The highest BCUT2D eigenvalue weighted by molar-refractivity contribution is 6.31. The first-order chi connectivity index (χ1) is 9.69. The Hall–Kier alpha value is -1.59. The van der Waals surface area contributed by atoms with Crippen LogP contribution in [0.3, 0.4) is 0 Å². The molecule has 0 atom stereocenters. The SMILES string of the molecule is Fc1cc2c(cc1Cl)nc(CCl)n2CCn1ccnc1. The van der Waals surface area contributed by atoms with Gasteiger partial charge in [0, 0.05) is 31.5 Å². The van der Waals surface area contributed by atoms with Gasteiger partial charge in [-0.15, -0.1) is 11.6 Å². The van der Waals surface area contributed by atoms with E-state index in [-0.39, 0.29) is 10.9 Å². The van der Waals surface area contributed by atoms with Crippen molar-refractivity contribution in [3.63, 3.8) is 0 Å². The zero-order chi connectivity index (χ0) is 14.1. The molecule has 0 saturated heterocycles. The van der Waals surface area contributed by atoms with Crippen LogP contribution in [0, 0.1) is 5.82 Å². The Morgan fingerprint density at radius 1 is 1.25 bits per heavy atom. The van der Waals surface area contributed by atoms with Crippen LogP contribution in [0.4, 0.5) is 4.39 Å². The average molecular weight is 313 g/mol. The first kappa shape index (κ1) is 13.4. The molecule has 0 radical (unpaired) electrons. The fraction of sp³-hybridized carbons (Fsp3) is 0.231. The number of rotatable bonds is 4. The maximum Gasteiger partial charge on any atom is 0.144 e. The maximum absolute atomic E-state index is 13.6. The molecule has 1 aromatic carbocycles. The molecule has 0 amide bonds. The van der Waals surface area contributed by atoms with Gasteiger partial charge in [0.15, 0.2) is 0 Å². The number of nitrogens with zero attached hydrogens (tertiary/aromatic N) is 4. The molecule has 20 heavy (non-hydrogen) atoms. The van der Waals surface area contributed by atoms with Crippen molar-refractivity contribution >= 4 is 34.2 Å². The molecule has 0 aliphatic heterocycles. The second-order valence-corrected chi connectivity index (χ2v) is 5.04. The van der Waals surface area contributed by atoms with Gasteiger partial charge in [0.1, 0.15) is 11.6 Å². The number of halogens is 3. The molecule has 4 nitrogen and oxygen atoms in total. The van der Waals surface area contributed by atoms with Crippen LogP contribution in [0.15, 0.2) is 30.9 Å². The van der Waals surface area contributed by atoms with Gasteiger partial charge in [-0.3, -0.25) is 0 Å². The van der Waals surface area contributed by atoms with E-state index >= 15 is 0 Å². The molecule has 0 fully saturated rings. The quantitative estimate of drug-likeness (QED) is 0.692. The van der Waals surface area contributed by atoms with Gasteiger partial charge in [0.2, 0.25) is 0 Å². The molecule has 0 bridgehead atoms. The lowest BCUT2D eigenvalue weighted by Crippen LogP contribution is -2.08.